The minimum atomic E-state index is -1.11. The Morgan fingerprint density at radius 3 is 2.63 bits per heavy atom. The summed E-state index contributed by atoms with van der Waals surface area (Å²) in [5, 5.41) is 5.65. The first-order valence-electron chi connectivity index (χ1n) is 14.2. The van der Waals surface area contributed by atoms with Crippen molar-refractivity contribution in [1.82, 2.24) is 20.6 Å². The predicted octanol–water partition coefficient (Wildman–Crippen LogP) is 5.61. The maximum atomic E-state index is 14.2. The topological polar surface area (TPSA) is 96.1 Å². The van der Waals surface area contributed by atoms with E-state index in [0.717, 1.165) is 41.7 Å². The number of carbonyl (C=O) groups excluding carboxylic acids is 2. The number of fused-ring (bicyclic) bond motifs is 1. The summed E-state index contributed by atoms with van der Waals surface area (Å²) < 4.78 is 32.4. The zero-order chi connectivity index (χ0) is 29.7. The number of halogens is 3. The number of hydrogen-bond acceptors (Lipinski definition) is 4. The summed E-state index contributed by atoms with van der Waals surface area (Å²) >= 11 is 6.32. The number of H-pyrrole nitrogens is 1. The summed E-state index contributed by atoms with van der Waals surface area (Å²) in [7, 11) is 1.53. The molecule has 3 N–H and O–H groups in total. The molecule has 1 heterocycles. The van der Waals surface area contributed by atoms with Gasteiger partial charge in [-0.25, -0.2) is 13.8 Å². The van der Waals surface area contributed by atoms with Crippen molar-refractivity contribution in [3.63, 3.8) is 0 Å². The van der Waals surface area contributed by atoms with Crippen LogP contribution >= 0.6 is 11.6 Å². The van der Waals surface area contributed by atoms with E-state index in [4.69, 9.17) is 21.3 Å². The van der Waals surface area contributed by atoms with Crippen LogP contribution in [-0.2, 0) is 26.2 Å². The number of benzene rings is 2. The molecule has 3 atom stereocenters. The number of nitrogens with one attached hydrogen (secondary N) is 3. The molecule has 0 spiro atoms. The number of ether oxygens (including phenoxy) is 1. The van der Waals surface area contributed by atoms with Crippen LogP contribution in [0.2, 0.25) is 5.02 Å². The number of hydrogen-bond donors (Lipinski definition) is 3. The summed E-state index contributed by atoms with van der Waals surface area (Å²) in [5.74, 6) is -0.294. The minimum absolute atomic E-state index is 0.0171. The summed E-state index contributed by atoms with van der Waals surface area (Å²) in [6.45, 7) is 5.24. The van der Waals surface area contributed by atoms with Gasteiger partial charge in [-0.3, -0.25) is 9.59 Å². The van der Waals surface area contributed by atoms with E-state index in [2.05, 4.69) is 29.5 Å². The Kier molecular flexibility index (Phi) is 10.0. The highest BCUT2D eigenvalue weighted by molar-refractivity contribution is 6.31. The smallest absolute Gasteiger partial charge is 0.242 e. The van der Waals surface area contributed by atoms with E-state index in [0.29, 0.717) is 12.0 Å². The highest BCUT2D eigenvalue weighted by Gasteiger charge is 2.41. The first-order chi connectivity index (χ1) is 19.6. The molecule has 10 heteroatoms. The van der Waals surface area contributed by atoms with Crippen LogP contribution in [-0.4, -0.2) is 54.8 Å². The van der Waals surface area contributed by atoms with Crippen LogP contribution in [0.25, 0.3) is 11.0 Å². The van der Waals surface area contributed by atoms with E-state index in [1.54, 1.807) is 13.0 Å². The molecule has 0 aliphatic heterocycles. The van der Waals surface area contributed by atoms with Gasteiger partial charge in [0.05, 0.1) is 28.1 Å². The Balaban J connectivity index is 1.60. The van der Waals surface area contributed by atoms with Gasteiger partial charge in [-0.2, -0.15) is 0 Å². The van der Waals surface area contributed by atoms with Gasteiger partial charge in [0.15, 0.2) is 0 Å². The third-order valence-corrected chi connectivity index (χ3v) is 8.68. The summed E-state index contributed by atoms with van der Waals surface area (Å²) in [6.07, 6.45) is 3.18. The fourth-order valence-electron chi connectivity index (χ4n) is 5.54. The Bertz CT molecular complexity index is 1380. The molecule has 0 bridgehead atoms. The van der Waals surface area contributed by atoms with E-state index >= 15 is 0 Å². The quantitative estimate of drug-likeness (QED) is 0.242. The molecule has 222 valence electrons. The summed E-state index contributed by atoms with van der Waals surface area (Å²) in [5.41, 5.74) is 1.81. The Hall–Kier alpha value is -3.04. The Labute approximate surface area is 244 Å². The first kappa shape index (κ1) is 30.9. The number of amides is 2. The number of imidazole rings is 1. The number of alkyl halides is 1. The number of rotatable bonds is 13. The normalized spacial score (nSPS) is 16.7. The number of aromatic amines is 1. The van der Waals surface area contributed by atoms with Gasteiger partial charge in [-0.05, 0) is 66.8 Å². The van der Waals surface area contributed by atoms with Crippen molar-refractivity contribution in [3.8, 4) is 0 Å². The van der Waals surface area contributed by atoms with Gasteiger partial charge in [-0.1, -0.05) is 50.1 Å². The van der Waals surface area contributed by atoms with Crippen LogP contribution < -0.4 is 10.6 Å². The molecule has 4 rings (SSSR count). The SMILES string of the molecule is COCC(C)(C(=O)N[C@@H](C(=O)NCCF)C1CCC1)c1ccc2nc(CC(c3cccc(F)c3Cl)C(C)C)[nH]c2c1. The second-order valence-corrected chi connectivity index (χ2v) is 11.9. The molecule has 0 saturated heterocycles. The molecule has 2 aromatic carbocycles. The highest BCUT2D eigenvalue weighted by atomic mass is 35.5. The molecule has 1 fully saturated rings. The van der Waals surface area contributed by atoms with Crippen molar-refractivity contribution >= 4 is 34.4 Å². The minimum Gasteiger partial charge on any atom is -0.383 e. The molecule has 41 heavy (non-hydrogen) atoms. The maximum Gasteiger partial charge on any atom is 0.242 e. The average Bonchev–Trinajstić information content (AvgIpc) is 3.32. The molecule has 0 radical (unpaired) electrons. The molecule has 7 nitrogen and oxygen atoms in total. The van der Waals surface area contributed by atoms with Gasteiger partial charge in [0.1, 0.15) is 24.4 Å². The third-order valence-electron chi connectivity index (χ3n) is 8.29. The van der Waals surface area contributed by atoms with Crippen molar-refractivity contribution < 1.29 is 23.1 Å². The van der Waals surface area contributed by atoms with Crippen molar-refractivity contribution in [2.75, 3.05) is 26.9 Å². The van der Waals surface area contributed by atoms with Gasteiger partial charge in [0.25, 0.3) is 0 Å². The summed E-state index contributed by atoms with van der Waals surface area (Å²) in [4.78, 5) is 34.7. The molecule has 3 aromatic rings. The number of methoxy groups -OCH3 is 1. The van der Waals surface area contributed by atoms with Crippen LogP contribution in [0.5, 0.6) is 0 Å². The van der Waals surface area contributed by atoms with E-state index in [1.807, 2.05) is 24.3 Å². The van der Waals surface area contributed by atoms with E-state index < -0.39 is 23.9 Å². The van der Waals surface area contributed by atoms with Crippen molar-refractivity contribution in [3.05, 3.63) is 64.2 Å². The van der Waals surface area contributed by atoms with E-state index in [9.17, 15) is 18.4 Å². The van der Waals surface area contributed by atoms with Crippen molar-refractivity contribution in [2.45, 2.75) is 63.8 Å². The molecular formula is C31H39ClF2N4O3. The standard InChI is InChI=1S/C31H39ClF2N4O3/c1-18(2)22(21-9-6-10-23(34)27(21)32)16-26-36-24-12-11-20(15-25(24)37-26)31(3,17-41-4)30(40)38-28(19-7-5-8-19)29(39)35-14-13-33/h6,9-12,15,18-19,22,28H,5,7-8,13-14,16-17H2,1-4H3,(H,35,39)(H,36,37)(H,38,40)/t22?,28-,31?/m1/s1. The Morgan fingerprint density at radius 2 is 2.00 bits per heavy atom. The fraction of sp³-hybridized carbons (Fsp3) is 0.516. The van der Waals surface area contributed by atoms with E-state index in [-0.39, 0.29) is 47.7 Å². The zero-order valence-corrected chi connectivity index (χ0v) is 24.8. The van der Waals surface area contributed by atoms with Crippen molar-refractivity contribution in [1.29, 1.82) is 0 Å². The highest BCUT2D eigenvalue weighted by Crippen LogP contribution is 2.35. The second kappa shape index (κ2) is 13.3. The lowest BCUT2D eigenvalue weighted by molar-refractivity contribution is -0.135. The lowest BCUT2D eigenvalue weighted by Crippen LogP contribution is -2.57. The van der Waals surface area contributed by atoms with E-state index in [1.165, 1.54) is 13.2 Å². The average molecular weight is 589 g/mol. The van der Waals surface area contributed by atoms with Gasteiger partial charge < -0.3 is 20.4 Å². The van der Waals surface area contributed by atoms with Crippen LogP contribution in [0.4, 0.5) is 8.78 Å². The van der Waals surface area contributed by atoms with Crippen LogP contribution in [0, 0.1) is 17.7 Å². The maximum absolute atomic E-state index is 14.2. The van der Waals surface area contributed by atoms with Crippen LogP contribution in [0.1, 0.15) is 62.9 Å². The lowest BCUT2D eigenvalue weighted by Gasteiger charge is -2.36. The molecule has 1 aliphatic carbocycles. The van der Waals surface area contributed by atoms with Gasteiger partial charge in [-0.15, -0.1) is 0 Å². The second-order valence-electron chi connectivity index (χ2n) is 11.5. The molecule has 1 saturated carbocycles. The monoisotopic (exact) mass is 588 g/mol. The number of aromatic nitrogens is 2. The zero-order valence-electron chi connectivity index (χ0n) is 24.0. The number of carbonyl (C=O) groups is 2. The molecule has 2 amide bonds. The molecule has 1 aliphatic rings. The van der Waals surface area contributed by atoms with Gasteiger partial charge in [0, 0.05) is 20.1 Å². The molecule has 1 aromatic heterocycles. The Morgan fingerprint density at radius 1 is 1.24 bits per heavy atom. The van der Waals surface area contributed by atoms with Crippen LogP contribution in [0.15, 0.2) is 36.4 Å². The van der Waals surface area contributed by atoms with Gasteiger partial charge >= 0.3 is 0 Å². The predicted molar refractivity (Wildman–Crippen MR) is 156 cm³/mol. The summed E-state index contributed by atoms with van der Waals surface area (Å²) in [6, 6.07) is 9.71. The first-order valence-corrected chi connectivity index (χ1v) is 14.5. The lowest BCUT2D eigenvalue weighted by atomic mass is 9.77. The molecule has 2 unspecified atom stereocenters. The fourth-order valence-corrected chi connectivity index (χ4v) is 5.81. The van der Waals surface area contributed by atoms with Crippen LogP contribution in [0.3, 0.4) is 0 Å². The third kappa shape index (κ3) is 6.72. The number of nitrogens with zero attached hydrogens (tertiary/aromatic N) is 1. The van der Waals surface area contributed by atoms with Crippen molar-refractivity contribution in [2.24, 2.45) is 11.8 Å². The molecular weight excluding hydrogens is 550 g/mol. The van der Waals surface area contributed by atoms with Gasteiger partial charge in [0.2, 0.25) is 11.8 Å². The largest absolute Gasteiger partial charge is 0.383 e.